The number of rotatable bonds is 4. The minimum absolute atomic E-state index is 0.123. The highest BCUT2D eigenvalue weighted by molar-refractivity contribution is 5.62. The van der Waals surface area contributed by atoms with Crippen molar-refractivity contribution in [2.24, 2.45) is 0 Å². The molecule has 0 aromatic heterocycles. The van der Waals surface area contributed by atoms with Gasteiger partial charge in [0.1, 0.15) is 12.4 Å². The van der Waals surface area contributed by atoms with Gasteiger partial charge in [0.15, 0.2) is 0 Å². The van der Waals surface area contributed by atoms with Crippen molar-refractivity contribution in [2.75, 3.05) is 19.8 Å². The smallest absolute Gasteiger partial charge is 0.127 e. The first-order valence-electron chi connectivity index (χ1n) is 5.55. The number of benzene rings is 1. The second-order valence-electron chi connectivity index (χ2n) is 4.09. The standard InChI is InChI=1S/C13H17NO2/c1-10(8-15)14-7-11-6-12-4-2-3-5-13(12)16-9-11/h2-6,10,14-15H,7-9H2,1H3/t10-/m0/s1. The summed E-state index contributed by atoms with van der Waals surface area (Å²) < 4.78 is 5.63. The molecule has 86 valence electrons. The Morgan fingerprint density at radius 3 is 3.06 bits per heavy atom. The van der Waals surface area contributed by atoms with E-state index in [2.05, 4.69) is 11.4 Å². The monoisotopic (exact) mass is 219 g/mol. The van der Waals surface area contributed by atoms with Crippen molar-refractivity contribution in [2.45, 2.75) is 13.0 Å². The maximum atomic E-state index is 8.91. The summed E-state index contributed by atoms with van der Waals surface area (Å²) >= 11 is 0. The maximum Gasteiger partial charge on any atom is 0.127 e. The largest absolute Gasteiger partial charge is 0.489 e. The van der Waals surface area contributed by atoms with Gasteiger partial charge in [-0.25, -0.2) is 0 Å². The zero-order valence-corrected chi connectivity index (χ0v) is 9.44. The molecule has 0 fully saturated rings. The van der Waals surface area contributed by atoms with Gasteiger partial charge in [-0.15, -0.1) is 0 Å². The van der Waals surface area contributed by atoms with Crippen molar-refractivity contribution < 1.29 is 9.84 Å². The molecule has 0 amide bonds. The molecule has 1 aliphatic rings. The van der Waals surface area contributed by atoms with Crippen LogP contribution in [-0.4, -0.2) is 30.9 Å². The summed E-state index contributed by atoms with van der Waals surface area (Å²) in [6.45, 7) is 3.50. The average Bonchev–Trinajstić information content (AvgIpc) is 2.35. The summed E-state index contributed by atoms with van der Waals surface area (Å²) in [5.74, 6) is 0.946. The molecule has 1 atom stereocenters. The Labute approximate surface area is 95.7 Å². The van der Waals surface area contributed by atoms with Crippen molar-refractivity contribution >= 4 is 6.08 Å². The average molecular weight is 219 g/mol. The molecule has 0 saturated heterocycles. The van der Waals surface area contributed by atoms with Crippen LogP contribution >= 0.6 is 0 Å². The molecule has 0 radical (unpaired) electrons. The Morgan fingerprint density at radius 1 is 1.44 bits per heavy atom. The van der Waals surface area contributed by atoms with Gasteiger partial charge in [0.25, 0.3) is 0 Å². The van der Waals surface area contributed by atoms with E-state index in [-0.39, 0.29) is 12.6 Å². The Hall–Kier alpha value is -1.32. The van der Waals surface area contributed by atoms with Crippen molar-refractivity contribution in [1.29, 1.82) is 0 Å². The van der Waals surface area contributed by atoms with E-state index in [9.17, 15) is 0 Å². The van der Waals surface area contributed by atoms with Gasteiger partial charge in [0.2, 0.25) is 0 Å². The molecule has 3 nitrogen and oxygen atoms in total. The third-order valence-electron chi connectivity index (χ3n) is 2.64. The lowest BCUT2D eigenvalue weighted by Crippen LogP contribution is -2.32. The zero-order chi connectivity index (χ0) is 11.4. The zero-order valence-electron chi connectivity index (χ0n) is 9.44. The van der Waals surface area contributed by atoms with E-state index >= 15 is 0 Å². The van der Waals surface area contributed by atoms with E-state index in [1.807, 2.05) is 31.2 Å². The van der Waals surface area contributed by atoms with Gasteiger partial charge >= 0.3 is 0 Å². The molecule has 0 saturated carbocycles. The molecule has 3 heteroatoms. The van der Waals surface area contributed by atoms with E-state index < -0.39 is 0 Å². The molecule has 1 heterocycles. The number of para-hydroxylation sites is 1. The molecular weight excluding hydrogens is 202 g/mol. The number of aliphatic hydroxyl groups excluding tert-OH is 1. The third-order valence-corrected chi connectivity index (χ3v) is 2.64. The summed E-state index contributed by atoms with van der Waals surface area (Å²) in [5.41, 5.74) is 2.33. The van der Waals surface area contributed by atoms with Crippen LogP contribution in [-0.2, 0) is 0 Å². The second kappa shape index (κ2) is 5.14. The molecule has 1 aliphatic heterocycles. The normalized spacial score (nSPS) is 16.0. The van der Waals surface area contributed by atoms with E-state index in [0.29, 0.717) is 6.61 Å². The number of hydrogen-bond acceptors (Lipinski definition) is 3. The number of aliphatic hydroxyl groups is 1. The summed E-state index contributed by atoms with van der Waals surface area (Å²) in [6, 6.07) is 8.13. The first-order chi connectivity index (χ1) is 7.79. The lowest BCUT2D eigenvalue weighted by atomic mass is 10.1. The summed E-state index contributed by atoms with van der Waals surface area (Å²) in [5, 5.41) is 12.1. The van der Waals surface area contributed by atoms with Crippen LogP contribution in [0.15, 0.2) is 29.8 Å². The minimum Gasteiger partial charge on any atom is -0.489 e. The molecule has 0 unspecified atom stereocenters. The Morgan fingerprint density at radius 2 is 2.25 bits per heavy atom. The van der Waals surface area contributed by atoms with Gasteiger partial charge in [-0.2, -0.15) is 0 Å². The maximum absolute atomic E-state index is 8.91. The van der Waals surface area contributed by atoms with Crippen LogP contribution < -0.4 is 10.1 Å². The van der Waals surface area contributed by atoms with Crippen LogP contribution in [0.5, 0.6) is 5.75 Å². The Kier molecular flexibility index (Phi) is 3.59. The second-order valence-corrected chi connectivity index (χ2v) is 4.09. The van der Waals surface area contributed by atoms with Gasteiger partial charge in [0.05, 0.1) is 6.61 Å². The fourth-order valence-electron chi connectivity index (χ4n) is 1.64. The molecule has 0 aliphatic carbocycles. The molecule has 0 spiro atoms. The van der Waals surface area contributed by atoms with E-state index in [0.717, 1.165) is 17.9 Å². The molecular formula is C13H17NO2. The number of ether oxygens (including phenoxy) is 1. The van der Waals surface area contributed by atoms with Gasteiger partial charge in [0, 0.05) is 18.2 Å². The van der Waals surface area contributed by atoms with Crippen molar-refractivity contribution in [3.05, 3.63) is 35.4 Å². The number of fused-ring (bicyclic) bond motifs is 1. The fraction of sp³-hybridized carbons (Fsp3) is 0.385. The van der Waals surface area contributed by atoms with Gasteiger partial charge < -0.3 is 15.2 Å². The van der Waals surface area contributed by atoms with Crippen molar-refractivity contribution in [3.8, 4) is 5.75 Å². The highest BCUT2D eigenvalue weighted by Crippen LogP contribution is 2.25. The van der Waals surface area contributed by atoms with Crippen LogP contribution in [0.1, 0.15) is 12.5 Å². The van der Waals surface area contributed by atoms with Gasteiger partial charge in [-0.1, -0.05) is 18.2 Å². The third kappa shape index (κ3) is 2.62. The van der Waals surface area contributed by atoms with Crippen LogP contribution in [0.3, 0.4) is 0 Å². The van der Waals surface area contributed by atoms with Gasteiger partial charge in [-0.05, 0) is 24.6 Å². The molecule has 1 aromatic carbocycles. The first kappa shape index (κ1) is 11.2. The summed E-state index contributed by atoms with van der Waals surface area (Å²) in [6.07, 6.45) is 2.15. The Balaban J connectivity index is 2.01. The van der Waals surface area contributed by atoms with Crippen LogP contribution in [0.2, 0.25) is 0 Å². The number of nitrogens with one attached hydrogen (secondary N) is 1. The lowest BCUT2D eigenvalue weighted by molar-refractivity contribution is 0.252. The topological polar surface area (TPSA) is 41.5 Å². The molecule has 2 N–H and O–H groups in total. The number of hydrogen-bond donors (Lipinski definition) is 2. The molecule has 2 rings (SSSR count). The molecule has 1 aromatic rings. The predicted molar refractivity (Wildman–Crippen MR) is 64.5 cm³/mol. The van der Waals surface area contributed by atoms with E-state index in [1.165, 1.54) is 5.57 Å². The van der Waals surface area contributed by atoms with Crippen molar-refractivity contribution in [3.63, 3.8) is 0 Å². The molecule has 16 heavy (non-hydrogen) atoms. The van der Waals surface area contributed by atoms with Crippen molar-refractivity contribution in [1.82, 2.24) is 5.32 Å². The van der Waals surface area contributed by atoms with E-state index in [4.69, 9.17) is 9.84 Å². The summed E-state index contributed by atoms with van der Waals surface area (Å²) in [4.78, 5) is 0. The predicted octanol–water partition coefficient (Wildman–Crippen LogP) is 1.43. The quantitative estimate of drug-likeness (QED) is 0.805. The minimum atomic E-state index is 0.123. The molecule has 0 bridgehead atoms. The van der Waals surface area contributed by atoms with Crippen LogP contribution in [0, 0.1) is 0 Å². The van der Waals surface area contributed by atoms with Crippen LogP contribution in [0.4, 0.5) is 0 Å². The first-order valence-corrected chi connectivity index (χ1v) is 5.55. The van der Waals surface area contributed by atoms with Gasteiger partial charge in [-0.3, -0.25) is 0 Å². The lowest BCUT2D eigenvalue weighted by Gasteiger charge is -2.19. The Bertz CT molecular complexity index is 387. The summed E-state index contributed by atoms with van der Waals surface area (Å²) in [7, 11) is 0. The fourth-order valence-corrected chi connectivity index (χ4v) is 1.64. The SMILES string of the molecule is C[C@@H](CO)NCC1=Cc2ccccc2OC1. The van der Waals surface area contributed by atoms with E-state index in [1.54, 1.807) is 0 Å². The van der Waals surface area contributed by atoms with Crippen LogP contribution in [0.25, 0.3) is 6.08 Å². The highest BCUT2D eigenvalue weighted by Gasteiger charge is 2.10. The highest BCUT2D eigenvalue weighted by atomic mass is 16.5.